The summed E-state index contributed by atoms with van der Waals surface area (Å²) in [5.74, 6) is -0.139. The van der Waals surface area contributed by atoms with E-state index < -0.39 is 0 Å². The number of rotatable bonds is 1. The fourth-order valence-corrected chi connectivity index (χ4v) is 2.90. The number of hydrogen-bond donors (Lipinski definition) is 2. The molecule has 1 fully saturated rings. The topological polar surface area (TPSA) is 55.1 Å². The monoisotopic (exact) mass is 228 g/mol. The van der Waals surface area contributed by atoms with Crippen LogP contribution in [0.2, 0.25) is 0 Å². The molecule has 88 valence electrons. The average Bonchev–Trinajstić information content (AvgIpc) is 2.38. The van der Waals surface area contributed by atoms with Crippen LogP contribution in [0.4, 0.5) is 0 Å². The molecule has 1 aliphatic carbocycles. The normalized spacial score (nSPS) is 26.2. The van der Waals surface area contributed by atoms with Gasteiger partial charge in [-0.05, 0) is 35.3 Å². The van der Waals surface area contributed by atoms with Gasteiger partial charge in [-0.25, -0.2) is 0 Å². The van der Waals surface area contributed by atoms with E-state index in [2.05, 4.69) is 23.5 Å². The molecule has 1 heterocycles. The van der Waals surface area contributed by atoms with Gasteiger partial charge < -0.3 is 11.1 Å². The fraction of sp³-hybridized carbons (Fsp3) is 0.357. The maximum absolute atomic E-state index is 11.2. The van der Waals surface area contributed by atoms with E-state index in [-0.39, 0.29) is 17.9 Å². The van der Waals surface area contributed by atoms with E-state index in [9.17, 15) is 4.79 Å². The second-order valence-corrected chi connectivity index (χ2v) is 4.85. The van der Waals surface area contributed by atoms with E-state index in [0.717, 1.165) is 19.3 Å². The highest BCUT2D eigenvalue weighted by molar-refractivity contribution is 5.78. The second-order valence-electron chi connectivity index (χ2n) is 4.85. The fourth-order valence-electron chi connectivity index (χ4n) is 2.90. The highest BCUT2D eigenvalue weighted by Crippen LogP contribution is 2.29. The van der Waals surface area contributed by atoms with Crippen LogP contribution in [0.15, 0.2) is 24.3 Å². The van der Waals surface area contributed by atoms with Gasteiger partial charge in [-0.3, -0.25) is 4.79 Å². The summed E-state index contributed by atoms with van der Waals surface area (Å²) in [6, 6.07) is 8.69. The molecule has 2 atom stereocenters. The number of hydrogen-bond acceptors (Lipinski definition) is 2. The zero-order valence-corrected chi connectivity index (χ0v) is 9.65. The SMILES string of the molecule is NC(=O)C1CCC2=c3ccccc3=CNC2C1. The first-order valence-electron chi connectivity index (χ1n) is 6.09. The van der Waals surface area contributed by atoms with Gasteiger partial charge in [-0.1, -0.05) is 24.3 Å². The van der Waals surface area contributed by atoms with Crippen molar-refractivity contribution in [3.63, 3.8) is 0 Å². The summed E-state index contributed by atoms with van der Waals surface area (Å²) in [7, 11) is 0. The summed E-state index contributed by atoms with van der Waals surface area (Å²) in [6.07, 6.45) is 4.73. The van der Waals surface area contributed by atoms with Gasteiger partial charge >= 0.3 is 0 Å². The molecule has 0 radical (unpaired) electrons. The molecule has 17 heavy (non-hydrogen) atoms. The third-order valence-electron chi connectivity index (χ3n) is 3.85. The minimum absolute atomic E-state index is 0.0231. The van der Waals surface area contributed by atoms with Crippen molar-refractivity contribution in [3.8, 4) is 0 Å². The Labute approximate surface area is 100 Å². The minimum atomic E-state index is -0.162. The van der Waals surface area contributed by atoms with Crippen molar-refractivity contribution < 1.29 is 4.79 Å². The maximum Gasteiger partial charge on any atom is 0.220 e. The van der Waals surface area contributed by atoms with Crippen molar-refractivity contribution in [2.45, 2.75) is 25.3 Å². The van der Waals surface area contributed by atoms with Gasteiger partial charge in [0.1, 0.15) is 0 Å². The van der Waals surface area contributed by atoms with Gasteiger partial charge in [-0.15, -0.1) is 0 Å². The first kappa shape index (κ1) is 10.4. The lowest BCUT2D eigenvalue weighted by atomic mass is 9.80. The van der Waals surface area contributed by atoms with Crippen LogP contribution in [0.5, 0.6) is 0 Å². The van der Waals surface area contributed by atoms with Crippen LogP contribution >= 0.6 is 0 Å². The predicted molar refractivity (Wildman–Crippen MR) is 67.0 cm³/mol. The van der Waals surface area contributed by atoms with Crippen molar-refractivity contribution in [3.05, 3.63) is 34.7 Å². The molecule has 3 nitrogen and oxygen atoms in total. The molecule has 0 spiro atoms. The summed E-state index contributed by atoms with van der Waals surface area (Å²) in [6.45, 7) is 0. The van der Waals surface area contributed by atoms with Crippen LogP contribution in [0.1, 0.15) is 19.3 Å². The molecular weight excluding hydrogens is 212 g/mol. The number of carbonyl (C=O) groups excluding carboxylic acids is 1. The number of nitrogens with two attached hydrogens (primary N) is 1. The van der Waals surface area contributed by atoms with E-state index >= 15 is 0 Å². The van der Waals surface area contributed by atoms with E-state index in [1.165, 1.54) is 16.0 Å². The second kappa shape index (κ2) is 3.91. The zero-order chi connectivity index (χ0) is 11.8. The predicted octanol–water partition coefficient (Wildman–Crippen LogP) is -0.168. The molecule has 1 aromatic rings. The molecule has 2 unspecified atom stereocenters. The Morgan fingerprint density at radius 2 is 2.18 bits per heavy atom. The van der Waals surface area contributed by atoms with Crippen LogP contribution in [-0.4, -0.2) is 11.9 Å². The molecule has 3 N–H and O–H groups in total. The van der Waals surface area contributed by atoms with Gasteiger partial charge in [-0.2, -0.15) is 0 Å². The molecule has 0 saturated heterocycles. The number of benzene rings is 1. The first-order valence-corrected chi connectivity index (χ1v) is 6.09. The minimum Gasteiger partial charge on any atom is -0.384 e. The Balaban J connectivity index is 2.03. The summed E-state index contributed by atoms with van der Waals surface area (Å²) < 4.78 is 0. The number of nitrogens with one attached hydrogen (secondary N) is 1. The van der Waals surface area contributed by atoms with E-state index in [1.807, 2.05) is 12.3 Å². The highest BCUT2D eigenvalue weighted by atomic mass is 16.1. The van der Waals surface area contributed by atoms with Gasteiger partial charge in [0, 0.05) is 18.2 Å². The summed E-state index contributed by atoms with van der Waals surface area (Å²) in [5.41, 5.74) is 6.83. The summed E-state index contributed by atoms with van der Waals surface area (Å²) >= 11 is 0. The van der Waals surface area contributed by atoms with Crippen molar-refractivity contribution in [1.29, 1.82) is 0 Å². The van der Waals surface area contributed by atoms with Crippen LogP contribution in [0, 0.1) is 5.92 Å². The molecule has 0 aromatic heterocycles. The van der Waals surface area contributed by atoms with Gasteiger partial charge in [0.15, 0.2) is 0 Å². The molecule has 0 bridgehead atoms. The molecule has 1 aromatic carbocycles. The number of fused-ring (bicyclic) bond motifs is 2. The van der Waals surface area contributed by atoms with Crippen molar-refractivity contribution in [2.75, 3.05) is 0 Å². The smallest absolute Gasteiger partial charge is 0.220 e. The molecule has 2 aliphatic rings. The quantitative estimate of drug-likeness (QED) is 0.701. The molecular formula is C14H16N2O. The lowest BCUT2D eigenvalue weighted by Gasteiger charge is -2.32. The van der Waals surface area contributed by atoms with E-state index in [1.54, 1.807) is 0 Å². The molecule has 3 heteroatoms. The summed E-state index contributed by atoms with van der Waals surface area (Å²) in [5, 5.41) is 5.97. The largest absolute Gasteiger partial charge is 0.384 e. The average molecular weight is 228 g/mol. The molecule has 1 amide bonds. The standard InChI is InChI=1S/C14H16N2O/c15-14(17)9-5-6-12-11-4-2-1-3-10(11)8-16-13(12)7-9/h1-4,8-9,13,16H,5-7H2,(H2,15,17). The van der Waals surface area contributed by atoms with Crippen molar-refractivity contribution in [1.82, 2.24) is 5.32 Å². The highest BCUT2D eigenvalue weighted by Gasteiger charge is 2.29. The summed E-state index contributed by atoms with van der Waals surface area (Å²) in [4.78, 5) is 11.2. The molecule has 1 saturated carbocycles. The Hall–Kier alpha value is -1.77. The Kier molecular flexibility index (Phi) is 2.39. The number of amides is 1. The van der Waals surface area contributed by atoms with Crippen LogP contribution in [-0.2, 0) is 4.79 Å². The maximum atomic E-state index is 11.2. The van der Waals surface area contributed by atoms with Crippen LogP contribution in [0.3, 0.4) is 0 Å². The zero-order valence-electron chi connectivity index (χ0n) is 9.65. The Morgan fingerprint density at radius 3 is 3.00 bits per heavy atom. The van der Waals surface area contributed by atoms with Gasteiger partial charge in [0.2, 0.25) is 5.91 Å². The molecule has 1 aliphatic heterocycles. The van der Waals surface area contributed by atoms with Crippen LogP contribution in [0.25, 0.3) is 11.8 Å². The van der Waals surface area contributed by atoms with Crippen molar-refractivity contribution in [2.24, 2.45) is 11.7 Å². The van der Waals surface area contributed by atoms with E-state index in [0.29, 0.717) is 0 Å². The number of primary amides is 1. The Morgan fingerprint density at radius 1 is 1.35 bits per heavy atom. The lowest BCUT2D eigenvalue weighted by molar-refractivity contribution is -0.122. The van der Waals surface area contributed by atoms with Crippen molar-refractivity contribution >= 4 is 17.7 Å². The third-order valence-corrected chi connectivity index (χ3v) is 3.85. The molecule has 3 rings (SSSR count). The number of carbonyl (C=O) groups is 1. The third kappa shape index (κ3) is 1.71. The lowest BCUT2D eigenvalue weighted by Crippen LogP contribution is -2.46. The first-order chi connectivity index (χ1) is 8.25. The van der Waals surface area contributed by atoms with Gasteiger partial charge in [0.05, 0.1) is 0 Å². The van der Waals surface area contributed by atoms with E-state index in [4.69, 9.17) is 5.73 Å². The Bertz CT molecular complexity index is 576. The van der Waals surface area contributed by atoms with Gasteiger partial charge in [0.25, 0.3) is 0 Å². The van der Waals surface area contributed by atoms with Crippen LogP contribution < -0.4 is 21.5 Å².